The first-order valence-electron chi connectivity index (χ1n) is 6.18. The lowest BCUT2D eigenvalue weighted by Crippen LogP contribution is -2.40. The van der Waals surface area contributed by atoms with E-state index in [2.05, 4.69) is 10.9 Å². The Bertz CT molecular complexity index is 510. The van der Waals surface area contributed by atoms with E-state index < -0.39 is 11.7 Å². The van der Waals surface area contributed by atoms with Gasteiger partial charge >= 0.3 is 6.09 Å². The van der Waals surface area contributed by atoms with Crippen LogP contribution in [0.5, 0.6) is 17.2 Å². The minimum atomic E-state index is -0.585. The van der Waals surface area contributed by atoms with E-state index in [4.69, 9.17) is 14.2 Å². The zero-order valence-electron chi connectivity index (χ0n) is 11.6. The van der Waals surface area contributed by atoms with E-state index in [0.717, 1.165) is 0 Å². The number of amides is 1. The molecule has 7 heteroatoms. The van der Waals surface area contributed by atoms with E-state index in [1.54, 1.807) is 26.8 Å². The van der Waals surface area contributed by atoms with Gasteiger partial charge in [-0.05, 0) is 26.8 Å². The number of rotatable bonds is 3. The molecular formula is C13H18N2O5. The third-order valence-electron chi connectivity index (χ3n) is 2.44. The lowest BCUT2D eigenvalue weighted by atomic mass is 10.2. The largest absolute Gasteiger partial charge is 0.507 e. The van der Waals surface area contributed by atoms with Gasteiger partial charge < -0.3 is 19.3 Å². The highest BCUT2D eigenvalue weighted by Gasteiger charge is 2.18. The summed E-state index contributed by atoms with van der Waals surface area (Å²) in [4.78, 5) is 11.4. The van der Waals surface area contributed by atoms with E-state index in [1.165, 1.54) is 6.07 Å². The summed E-state index contributed by atoms with van der Waals surface area (Å²) in [6, 6.07) is 3.13. The number of hydrogen-bond acceptors (Lipinski definition) is 6. The minimum absolute atomic E-state index is 0.0627. The third kappa shape index (κ3) is 3.67. The van der Waals surface area contributed by atoms with Crippen molar-refractivity contribution >= 4 is 6.09 Å². The summed E-state index contributed by atoms with van der Waals surface area (Å²) in [6.45, 7) is 5.69. The number of carbonyl (C=O) groups is 1. The fourth-order valence-electron chi connectivity index (χ4n) is 1.63. The summed E-state index contributed by atoms with van der Waals surface area (Å²) in [5.74, 6) is 1.14. The van der Waals surface area contributed by atoms with Gasteiger partial charge in [0.2, 0.25) is 6.79 Å². The van der Waals surface area contributed by atoms with Crippen LogP contribution in [0.25, 0.3) is 0 Å². The Hall–Kier alpha value is -2.15. The smallest absolute Gasteiger partial charge is 0.422 e. The van der Waals surface area contributed by atoms with Gasteiger partial charge in [0, 0.05) is 18.2 Å². The average molecular weight is 282 g/mol. The first-order chi connectivity index (χ1) is 9.35. The number of carbonyl (C=O) groups excluding carboxylic acids is 1. The molecule has 3 N–H and O–H groups in total. The molecule has 20 heavy (non-hydrogen) atoms. The molecule has 7 nitrogen and oxygen atoms in total. The molecule has 1 aromatic rings. The zero-order chi connectivity index (χ0) is 14.8. The van der Waals surface area contributed by atoms with Gasteiger partial charge in [0.05, 0.1) is 0 Å². The molecule has 0 unspecified atom stereocenters. The summed E-state index contributed by atoms with van der Waals surface area (Å²) in [6.07, 6.45) is -0.585. The van der Waals surface area contributed by atoms with Crippen molar-refractivity contribution in [3.8, 4) is 17.2 Å². The van der Waals surface area contributed by atoms with Gasteiger partial charge in [0.25, 0.3) is 0 Å². The molecule has 0 atom stereocenters. The highest BCUT2D eigenvalue weighted by molar-refractivity contribution is 5.67. The van der Waals surface area contributed by atoms with E-state index >= 15 is 0 Å². The minimum Gasteiger partial charge on any atom is -0.507 e. The highest BCUT2D eigenvalue weighted by Crippen LogP contribution is 2.37. The standard InChI is InChI=1S/C13H18N2O5/c1-13(2,3)20-12(17)15-14-6-8-4-10-11(5-9(8)16)19-7-18-10/h4-5,14,16H,6-7H2,1-3H3,(H,15,17). The lowest BCUT2D eigenvalue weighted by Gasteiger charge is -2.19. The van der Waals surface area contributed by atoms with Crippen LogP contribution in [0.1, 0.15) is 26.3 Å². The Kier molecular flexibility index (Phi) is 3.89. The third-order valence-corrected chi connectivity index (χ3v) is 2.44. The van der Waals surface area contributed by atoms with Gasteiger partial charge in [-0.2, -0.15) is 0 Å². The molecule has 0 saturated carbocycles. The topological polar surface area (TPSA) is 89.1 Å². The molecule has 1 aliphatic heterocycles. The van der Waals surface area contributed by atoms with E-state index in [-0.39, 0.29) is 19.1 Å². The van der Waals surface area contributed by atoms with Crippen molar-refractivity contribution < 1.29 is 24.1 Å². The van der Waals surface area contributed by atoms with Crippen LogP contribution in [0, 0.1) is 0 Å². The number of hydrazine groups is 1. The van der Waals surface area contributed by atoms with Gasteiger partial charge in [0.1, 0.15) is 11.4 Å². The highest BCUT2D eigenvalue weighted by atomic mass is 16.7. The Morgan fingerprint density at radius 2 is 2.00 bits per heavy atom. The normalized spacial score (nSPS) is 13.2. The SMILES string of the molecule is CC(C)(C)OC(=O)NNCc1cc2c(cc1O)OCO2. The van der Waals surface area contributed by atoms with Gasteiger partial charge in [-0.25, -0.2) is 10.2 Å². The van der Waals surface area contributed by atoms with Crippen LogP contribution in [0.3, 0.4) is 0 Å². The van der Waals surface area contributed by atoms with E-state index in [1.807, 2.05) is 0 Å². The molecule has 1 amide bonds. The van der Waals surface area contributed by atoms with Crippen molar-refractivity contribution in [1.82, 2.24) is 10.9 Å². The van der Waals surface area contributed by atoms with Crippen LogP contribution in [0.2, 0.25) is 0 Å². The van der Waals surface area contributed by atoms with Crippen molar-refractivity contribution in [2.75, 3.05) is 6.79 Å². The van der Waals surface area contributed by atoms with Crippen molar-refractivity contribution in [3.63, 3.8) is 0 Å². The Labute approximate surface area is 116 Å². The number of fused-ring (bicyclic) bond motifs is 1. The summed E-state index contributed by atoms with van der Waals surface area (Å²) in [7, 11) is 0. The van der Waals surface area contributed by atoms with Crippen molar-refractivity contribution in [2.24, 2.45) is 0 Å². The van der Waals surface area contributed by atoms with Crippen LogP contribution in [0.15, 0.2) is 12.1 Å². The Morgan fingerprint density at radius 1 is 1.35 bits per heavy atom. The number of hydrogen-bond donors (Lipinski definition) is 3. The second-order valence-corrected chi connectivity index (χ2v) is 5.31. The van der Waals surface area contributed by atoms with Crippen LogP contribution >= 0.6 is 0 Å². The van der Waals surface area contributed by atoms with Crippen molar-refractivity contribution in [2.45, 2.75) is 32.9 Å². The summed E-state index contributed by atoms with van der Waals surface area (Å²) < 4.78 is 15.4. The van der Waals surface area contributed by atoms with Gasteiger partial charge in [-0.3, -0.25) is 5.43 Å². The molecule has 0 spiro atoms. The quantitative estimate of drug-likeness (QED) is 0.730. The molecule has 0 fully saturated rings. The predicted molar refractivity (Wildman–Crippen MR) is 70.4 cm³/mol. The molecule has 1 heterocycles. The number of phenolic OH excluding ortho intramolecular Hbond substituents is 1. The monoisotopic (exact) mass is 282 g/mol. The fourth-order valence-corrected chi connectivity index (χ4v) is 1.63. The molecule has 0 aromatic heterocycles. The number of benzene rings is 1. The molecule has 0 saturated heterocycles. The van der Waals surface area contributed by atoms with Crippen molar-refractivity contribution in [3.05, 3.63) is 17.7 Å². The van der Waals surface area contributed by atoms with Crippen molar-refractivity contribution in [1.29, 1.82) is 0 Å². The second-order valence-electron chi connectivity index (χ2n) is 5.31. The number of phenols is 1. The van der Waals surface area contributed by atoms with Gasteiger partial charge in [0.15, 0.2) is 11.5 Å². The molecular weight excluding hydrogens is 264 g/mol. The first-order valence-corrected chi connectivity index (χ1v) is 6.18. The fraction of sp³-hybridized carbons (Fsp3) is 0.462. The number of nitrogens with one attached hydrogen (secondary N) is 2. The number of ether oxygens (including phenoxy) is 3. The van der Waals surface area contributed by atoms with E-state index in [0.29, 0.717) is 17.1 Å². The summed E-state index contributed by atoms with van der Waals surface area (Å²) >= 11 is 0. The zero-order valence-corrected chi connectivity index (χ0v) is 11.6. The van der Waals surface area contributed by atoms with Crippen LogP contribution in [-0.4, -0.2) is 23.6 Å². The maximum atomic E-state index is 11.4. The molecule has 0 aliphatic carbocycles. The second kappa shape index (κ2) is 5.46. The number of aromatic hydroxyl groups is 1. The molecule has 1 aliphatic rings. The van der Waals surface area contributed by atoms with E-state index in [9.17, 15) is 9.90 Å². The Balaban J connectivity index is 1.87. The average Bonchev–Trinajstić information content (AvgIpc) is 2.73. The molecule has 1 aromatic carbocycles. The lowest BCUT2D eigenvalue weighted by molar-refractivity contribution is 0.0496. The Morgan fingerprint density at radius 3 is 2.65 bits per heavy atom. The predicted octanol–water partition coefficient (Wildman–Crippen LogP) is 1.65. The molecule has 2 rings (SSSR count). The van der Waals surface area contributed by atoms with Gasteiger partial charge in [-0.15, -0.1) is 0 Å². The van der Waals surface area contributed by atoms with Crippen LogP contribution in [0.4, 0.5) is 4.79 Å². The van der Waals surface area contributed by atoms with Crippen LogP contribution in [-0.2, 0) is 11.3 Å². The first kappa shape index (κ1) is 14.3. The molecule has 0 radical (unpaired) electrons. The summed E-state index contributed by atoms with van der Waals surface area (Å²) in [5.41, 5.74) is 5.07. The van der Waals surface area contributed by atoms with Gasteiger partial charge in [-0.1, -0.05) is 0 Å². The van der Waals surface area contributed by atoms with Crippen LogP contribution < -0.4 is 20.3 Å². The summed E-state index contributed by atoms with van der Waals surface area (Å²) in [5, 5.41) is 9.81. The maximum Gasteiger partial charge on any atom is 0.422 e. The maximum absolute atomic E-state index is 11.4. The molecule has 110 valence electrons. The molecule has 0 bridgehead atoms.